The first-order valence-electron chi connectivity index (χ1n) is 12.1. The Morgan fingerprint density at radius 1 is 1.10 bits per heavy atom. The summed E-state index contributed by atoms with van der Waals surface area (Å²) < 4.78 is 5.82. The van der Waals surface area contributed by atoms with Crippen LogP contribution in [0.5, 0.6) is 0 Å². The van der Waals surface area contributed by atoms with Crippen molar-refractivity contribution in [1.29, 1.82) is 0 Å². The van der Waals surface area contributed by atoms with E-state index >= 15 is 0 Å². The summed E-state index contributed by atoms with van der Waals surface area (Å²) >= 11 is 0. The standard InChI is InChI=1S/C25H40O4/c1-16(7-10-22(27)28)18-8-9-19-23-20(11-13-25(18,19)3)24(2)12-5-4-6-17(24)14-21(23)29-15-26/h15-21,23H,4-14H2,1-3H3,(H,27,28)/t16-,17+,18-,19?,20?,21+,23?,24+,25-/m1/s1. The number of rotatable bonds is 6. The first-order chi connectivity index (χ1) is 13.8. The van der Waals surface area contributed by atoms with Crippen molar-refractivity contribution in [3.63, 3.8) is 0 Å². The van der Waals surface area contributed by atoms with Crippen LogP contribution in [-0.4, -0.2) is 23.7 Å². The van der Waals surface area contributed by atoms with Gasteiger partial charge in [0.15, 0.2) is 0 Å². The first-order valence-corrected chi connectivity index (χ1v) is 12.1. The van der Waals surface area contributed by atoms with Gasteiger partial charge >= 0.3 is 5.97 Å². The molecule has 4 fully saturated rings. The highest BCUT2D eigenvalue weighted by Gasteiger charge is 2.63. The second kappa shape index (κ2) is 7.89. The highest BCUT2D eigenvalue weighted by Crippen LogP contribution is 2.68. The number of fused-ring (bicyclic) bond motifs is 5. The fourth-order valence-electron chi connectivity index (χ4n) is 8.97. The average molecular weight is 405 g/mol. The monoisotopic (exact) mass is 404 g/mol. The maximum atomic E-state index is 11.4. The fraction of sp³-hybridized carbons (Fsp3) is 0.920. The van der Waals surface area contributed by atoms with Crippen molar-refractivity contribution in [2.45, 2.75) is 97.5 Å². The Bertz CT molecular complexity index is 632. The van der Waals surface area contributed by atoms with Crippen LogP contribution in [0.4, 0.5) is 0 Å². The molecule has 0 saturated heterocycles. The number of hydrogen-bond acceptors (Lipinski definition) is 3. The van der Waals surface area contributed by atoms with Crippen molar-refractivity contribution in [3.05, 3.63) is 0 Å². The van der Waals surface area contributed by atoms with E-state index in [0.29, 0.717) is 47.4 Å². The van der Waals surface area contributed by atoms with E-state index in [-0.39, 0.29) is 17.9 Å². The van der Waals surface area contributed by atoms with Crippen LogP contribution in [0.25, 0.3) is 0 Å². The van der Waals surface area contributed by atoms with E-state index in [1.54, 1.807) is 0 Å². The predicted molar refractivity (Wildman–Crippen MR) is 112 cm³/mol. The molecule has 0 aromatic carbocycles. The zero-order chi connectivity index (χ0) is 20.8. The molecule has 0 heterocycles. The molecule has 0 radical (unpaired) electrons. The number of carboxylic acids is 1. The third-order valence-corrected chi connectivity index (χ3v) is 10.4. The molecule has 4 aliphatic rings. The molecular weight excluding hydrogens is 364 g/mol. The average Bonchev–Trinajstić information content (AvgIpc) is 3.03. The number of carbonyl (C=O) groups excluding carboxylic acids is 1. The zero-order valence-electron chi connectivity index (χ0n) is 18.6. The SMILES string of the molecule is C[C@H](CCC(=O)O)[C@H]1CCC2C3C(CC[C@@]21C)[C@@]1(C)CCCC[C@H]1C[C@@H]3OC=O. The van der Waals surface area contributed by atoms with E-state index in [1.807, 2.05) is 0 Å². The topological polar surface area (TPSA) is 63.6 Å². The van der Waals surface area contributed by atoms with E-state index in [1.165, 1.54) is 51.4 Å². The summed E-state index contributed by atoms with van der Waals surface area (Å²) in [5.74, 6) is 2.86. The minimum Gasteiger partial charge on any atom is -0.481 e. The highest BCUT2D eigenvalue weighted by atomic mass is 16.5. The molecule has 1 N–H and O–H groups in total. The maximum absolute atomic E-state index is 11.4. The van der Waals surface area contributed by atoms with Crippen molar-refractivity contribution in [2.75, 3.05) is 0 Å². The summed E-state index contributed by atoms with van der Waals surface area (Å²) in [6, 6.07) is 0. The molecular formula is C25H40O4. The van der Waals surface area contributed by atoms with E-state index in [9.17, 15) is 9.59 Å². The van der Waals surface area contributed by atoms with Crippen molar-refractivity contribution < 1.29 is 19.4 Å². The minimum atomic E-state index is -0.678. The van der Waals surface area contributed by atoms with Crippen LogP contribution in [-0.2, 0) is 14.3 Å². The van der Waals surface area contributed by atoms with Crippen LogP contribution < -0.4 is 0 Å². The van der Waals surface area contributed by atoms with Crippen LogP contribution in [0, 0.1) is 46.3 Å². The molecule has 29 heavy (non-hydrogen) atoms. The van der Waals surface area contributed by atoms with Gasteiger partial charge in [-0.2, -0.15) is 0 Å². The molecule has 4 nitrogen and oxygen atoms in total. The zero-order valence-corrected chi connectivity index (χ0v) is 18.6. The Morgan fingerprint density at radius 2 is 1.86 bits per heavy atom. The molecule has 0 aliphatic heterocycles. The van der Waals surface area contributed by atoms with Crippen LogP contribution in [0.3, 0.4) is 0 Å². The number of aliphatic carboxylic acids is 1. The van der Waals surface area contributed by atoms with Crippen molar-refractivity contribution in [1.82, 2.24) is 0 Å². The number of carbonyl (C=O) groups is 2. The Kier molecular flexibility index (Phi) is 5.76. The largest absolute Gasteiger partial charge is 0.481 e. The van der Waals surface area contributed by atoms with Gasteiger partial charge in [0.25, 0.3) is 6.47 Å². The lowest BCUT2D eigenvalue weighted by Gasteiger charge is -2.62. The van der Waals surface area contributed by atoms with Gasteiger partial charge in [-0.05, 0) is 91.8 Å². The normalized spacial score (nSPS) is 47.4. The van der Waals surface area contributed by atoms with Gasteiger partial charge in [-0.3, -0.25) is 9.59 Å². The van der Waals surface area contributed by atoms with E-state index in [0.717, 1.165) is 12.8 Å². The van der Waals surface area contributed by atoms with Gasteiger partial charge in [-0.25, -0.2) is 0 Å². The lowest BCUT2D eigenvalue weighted by atomic mass is 9.44. The van der Waals surface area contributed by atoms with Gasteiger partial charge in [0.05, 0.1) is 0 Å². The number of hydrogen-bond donors (Lipinski definition) is 1. The predicted octanol–water partition coefficient (Wildman–Crippen LogP) is 5.69. The second-order valence-electron chi connectivity index (χ2n) is 11.4. The second-order valence-corrected chi connectivity index (χ2v) is 11.4. The van der Waals surface area contributed by atoms with Crippen molar-refractivity contribution in [2.24, 2.45) is 46.3 Å². The van der Waals surface area contributed by atoms with Crippen molar-refractivity contribution in [3.8, 4) is 0 Å². The summed E-state index contributed by atoms with van der Waals surface area (Å²) in [4.78, 5) is 22.5. The van der Waals surface area contributed by atoms with E-state index < -0.39 is 5.97 Å². The van der Waals surface area contributed by atoms with Gasteiger partial charge in [0.2, 0.25) is 0 Å². The Labute approximate surface area is 176 Å². The number of carboxylic acid groups (broad SMARTS) is 1. The highest BCUT2D eigenvalue weighted by molar-refractivity contribution is 5.66. The molecule has 4 heteroatoms. The molecule has 4 rings (SSSR count). The number of ether oxygens (including phenoxy) is 1. The lowest BCUT2D eigenvalue weighted by Crippen LogP contribution is -2.58. The summed E-state index contributed by atoms with van der Waals surface area (Å²) in [6.45, 7) is 8.01. The van der Waals surface area contributed by atoms with Crippen LogP contribution in [0.1, 0.15) is 91.4 Å². The Morgan fingerprint density at radius 3 is 2.59 bits per heavy atom. The van der Waals surface area contributed by atoms with Crippen LogP contribution >= 0.6 is 0 Å². The van der Waals surface area contributed by atoms with Gasteiger partial charge in [-0.15, -0.1) is 0 Å². The molecule has 4 aliphatic carbocycles. The van der Waals surface area contributed by atoms with Crippen LogP contribution in [0.15, 0.2) is 0 Å². The summed E-state index contributed by atoms with van der Waals surface area (Å²) in [6.07, 6.45) is 12.5. The third-order valence-electron chi connectivity index (χ3n) is 10.4. The van der Waals surface area contributed by atoms with Gasteiger partial charge in [0, 0.05) is 12.3 Å². The smallest absolute Gasteiger partial charge is 0.303 e. The molecule has 0 aromatic heterocycles. The Balaban J connectivity index is 1.60. The van der Waals surface area contributed by atoms with Crippen LogP contribution in [0.2, 0.25) is 0 Å². The molecule has 164 valence electrons. The molecule has 9 atom stereocenters. The lowest BCUT2D eigenvalue weighted by molar-refractivity contribution is -0.181. The van der Waals surface area contributed by atoms with Crippen molar-refractivity contribution >= 4 is 12.4 Å². The summed E-state index contributed by atoms with van der Waals surface area (Å²) in [7, 11) is 0. The fourth-order valence-corrected chi connectivity index (χ4v) is 8.97. The molecule has 0 aromatic rings. The third kappa shape index (κ3) is 3.43. The summed E-state index contributed by atoms with van der Waals surface area (Å²) in [5, 5.41) is 9.14. The minimum absolute atomic E-state index is 0.0892. The molecule has 0 bridgehead atoms. The van der Waals surface area contributed by atoms with Gasteiger partial charge in [-0.1, -0.05) is 33.6 Å². The van der Waals surface area contributed by atoms with Gasteiger partial charge < -0.3 is 9.84 Å². The molecule has 4 saturated carbocycles. The maximum Gasteiger partial charge on any atom is 0.303 e. The molecule has 0 spiro atoms. The van der Waals surface area contributed by atoms with E-state index in [2.05, 4.69) is 20.8 Å². The quantitative estimate of drug-likeness (QED) is 0.578. The molecule has 0 amide bonds. The van der Waals surface area contributed by atoms with Gasteiger partial charge in [0.1, 0.15) is 6.10 Å². The molecule has 3 unspecified atom stereocenters. The Hall–Kier alpha value is -1.06. The van der Waals surface area contributed by atoms with E-state index in [4.69, 9.17) is 9.84 Å². The first kappa shape index (κ1) is 21.2. The summed E-state index contributed by atoms with van der Waals surface area (Å²) in [5.41, 5.74) is 0.682.